The van der Waals surface area contributed by atoms with Crippen LogP contribution >= 0.6 is 0 Å². The maximum absolute atomic E-state index is 11.4. The highest BCUT2D eigenvalue weighted by Gasteiger charge is 2.04. The topological polar surface area (TPSA) is 50.7 Å². The van der Waals surface area contributed by atoms with Crippen molar-refractivity contribution in [1.29, 1.82) is 0 Å². The Hall–Kier alpha value is -2.88. The third kappa shape index (κ3) is 4.54. The molecule has 0 atom stereocenters. The number of carbonyl (C=O) groups is 1. The first kappa shape index (κ1) is 16.5. The predicted molar refractivity (Wildman–Crippen MR) is 94.1 cm³/mol. The zero-order valence-electron chi connectivity index (χ0n) is 13.5. The van der Waals surface area contributed by atoms with Crippen molar-refractivity contribution >= 4 is 17.4 Å². The second-order valence-corrected chi connectivity index (χ2v) is 5.00. The van der Waals surface area contributed by atoms with Gasteiger partial charge in [0.2, 0.25) is 0 Å². The fourth-order valence-corrected chi connectivity index (χ4v) is 2.16. The molecule has 2 aromatic carbocycles. The summed E-state index contributed by atoms with van der Waals surface area (Å²) >= 11 is 0. The van der Waals surface area contributed by atoms with Crippen LogP contribution in [0.1, 0.15) is 22.8 Å². The molecule has 0 unspecified atom stereocenters. The van der Waals surface area contributed by atoms with Gasteiger partial charge in [0.15, 0.2) is 0 Å². The second kappa shape index (κ2) is 7.94. The highest BCUT2D eigenvalue weighted by molar-refractivity contribution is 6.09. The van der Waals surface area contributed by atoms with E-state index in [0.29, 0.717) is 5.56 Å². The third-order valence-electron chi connectivity index (χ3n) is 3.31. The van der Waals surface area contributed by atoms with Gasteiger partial charge < -0.3 is 10.1 Å². The number of aliphatic imine (C=N–C) groups is 1. The lowest BCUT2D eigenvalue weighted by atomic mass is 10.1. The number of rotatable bonds is 5. The standard InChI is InChI=1S/C19H20N2O2/c1-14(13-18(20-2)15-7-5-4-6-8-15)21-17-11-9-16(10-12-17)19(22)23-3/h4-13,21H,1-3H3/b14-13-,20-18+. The number of allylic oxidation sites excluding steroid dienone is 2. The van der Waals surface area contributed by atoms with Crippen molar-refractivity contribution in [1.82, 2.24) is 0 Å². The van der Waals surface area contributed by atoms with E-state index >= 15 is 0 Å². The summed E-state index contributed by atoms with van der Waals surface area (Å²) in [4.78, 5) is 15.7. The quantitative estimate of drug-likeness (QED) is 0.673. The Kier molecular flexibility index (Phi) is 5.69. The molecule has 2 aromatic rings. The molecule has 0 fully saturated rings. The molecular weight excluding hydrogens is 288 g/mol. The molecule has 0 saturated carbocycles. The van der Waals surface area contributed by atoms with Gasteiger partial charge in [0.05, 0.1) is 18.4 Å². The summed E-state index contributed by atoms with van der Waals surface area (Å²) in [6.07, 6.45) is 1.99. The molecule has 0 aliphatic rings. The summed E-state index contributed by atoms with van der Waals surface area (Å²) in [5, 5.41) is 3.29. The Labute approximate surface area is 136 Å². The van der Waals surface area contributed by atoms with Gasteiger partial charge in [-0.1, -0.05) is 30.3 Å². The summed E-state index contributed by atoms with van der Waals surface area (Å²) in [6, 6.07) is 17.2. The molecule has 1 N–H and O–H groups in total. The monoisotopic (exact) mass is 308 g/mol. The van der Waals surface area contributed by atoms with Crippen LogP contribution in [0.15, 0.2) is 71.4 Å². The number of anilines is 1. The molecule has 0 amide bonds. The molecule has 0 saturated heterocycles. The van der Waals surface area contributed by atoms with Crippen molar-refractivity contribution in [2.45, 2.75) is 6.92 Å². The normalized spacial score (nSPS) is 12.0. The van der Waals surface area contributed by atoms with Crippen molar-refractivity contribution in [3.8, 4) is 0 Å². The van der Waals surface area contributed by atoms with Gasteiger partial charge in [0.25, 0.3) is 0 Å². The first-order valence-corrected chi connectivity index (χ1v) is 7.30. The molecule has 0 aliphatic carbocycles. The molecule has 0 aromatic heterocycles. The first-order valence-electron chi connectivity index (χ1n) is 7.30. The largest absolute Gasteiger partial charge is 0.465 e. The number of nitrogens with one attached hydrogen (secondary N) is 1. The van der Waals surface area contributed by atoms with Gasteiger partial charge in [-0.2, -0.15) is 0 Å². The van der Waals surface area contributed by atoms with E-state index in [1.165, 1.54) is 7.11 Å². The Morgan fingerprint density at radius 1 is 1.04 bits per heavy atom. The average Bonchev–Trinajstić information content (AvgIpc) is 2.60. The van der Waals surface area contributed by atoms with E-state index in [1.54, 1.807) is 19.2 Å². The zero-order valence-corrected chi connectivity index (χ0v) is 13.5. The van der Waals surface area contributed by atoms with Crippen LogP contribution in [0.25, 0.3) is 0 Å². The maximum Gasteiger partial charge on any atom is 0.337 e. The summed E-state index contributed by atoms with van der Waals surface area (Å²) in [7, 11) is 3.15. The second-order valence-electron chi connectivity index (χ2n) is 5.00. The minimum Gasteiger partial charge on any atom is -0.465 e. The molecule has 0 spiro atoms. The number of benzene rings is 2. The Balaban J connectivity index is 2.11. The Morgan fingerprint density at radius 2 is 1.70 bits per heavy atom. The number of nitrogens with zero attached hydrogens (tertiary/aromatic N) is 1. The van der Waals surface area contributed by atoms with Crippen molar-refractivity contribution < 1.29 is 9.53 Å². The van der Waals surface area contributed by atoms with Gasteiger partial charge in [-0.15, -0.1) is 0 Å². The van der Waals surface area contributed by atoms with Crippen LogP contribution in [-0.4, -0.2) is 25.8 Å². The van der Waals surface area contributed by atoms with E-state index in [4.69, 9.17) is 0 Å². The number of ether oxygens (including phenoxy) is 1. The Bertz CT molecular complexity index is 717. The maximum atomic E-state index is 11.4. The smallest absolute Gasteiger partial charge is 0.337 e. The number of esters is 1. The van der Waals surface area contributed by atoms with Crippen molar-refractivity contribution in [3.63, 3.8) is 0 Å². The van der Waals surface area contributed by atoms with Crippen molar-refractivity contribution in [2.75, 3.05) is 19.5 Å². The van der Waals surface area contributed by atoms with Gasteiger partial charge in [0.1, 0.15) is 0 Å². The van der Waals surface area contributed by atoms with E-state index in [-0.39, 0.29) is 5.97 Å². The third-order valence-corrected chi connectivity index (χ3v) is 3.31. The van der Waals surface area contributed by atoms with E-state index in [0.717, 1.165) is 22.7 Å². The highest BCUT2D eigenvalue weighted by atomic mass is 16.5. The lowest BCUT2D eigenvalue weighted by Crippen LogP contribution is -2.04. The minimum absolute atomic E-state index is 0.340. The molecule has 2 rings (SSSR count). The van der Waals surface area contributed by atoms with E-state index in [2.05, 4.69) is 15.0 Å². The molecule has 0 radical (unpaired) electrons. The molecule has 0 aliphatic heterocycles. The van der Waals surface area contributed by atoms with Crippen LogP contribution in [-0.2, 0) is 4.74 Å². The van der Waals surface area contributed by atoms with Gasteiger partial charge in [-0.3, -0.25) is 4.99 Å². The van der Waals surface area contributed by atoms with Gasteiger partial charge in [0, 0.05) is 18.4 Å². The number of methoxy groups -OCH3 is 1. The van der Waals surface area contributed by atoms with Gasteiger partial charge in [-0.25, -0.2) is 4.79 Å². The molecule has 0 heterocycles. The minimum atomic E-state index is -0.340. The highest BCUT2D eigenvalue weighted by Crippen LogP contribution is 2.13. The van der Waals surface area contributed by atoms with E-state index < -0.39 is 0 Å². The zero-order chi connectivity index (χ0) is 16.7. The van der Waals surface area contributed by atoms with E-state index in [1.807, 2.05) is 55.5 Å². The lowest BCUT2D eigenvalue weighted by molar-refractivity contribution is 0.0601. The molecule has 4 heteroatoms. The Morgan fingerprint density at radius 3 is 2.26 bits per heavy atom. The van der Waals surface area contributed by atoms with Crippen molar-refractivity contribution in [2.24, 2.45) is 4.99 Å². The lowest BCUT2D eigenvalue weighted by Gasteiger charge is -2.09. The predicted octanol–water partition coefficient (Wildman–Crippen LogP) is 3.91. The summed E-state index contributed by atoms with van der Waals surface area (Å²) in [5.74, 6) is -0.340. The van der Waals surface area contributed by atoms with Gasteiger partial charge in [-0.05, 0) is 42.8 Å². The molecule has 4 nitrogen and oxygen atoms in total. The average molecular weight is 308 g/mol. The number of hydrogen-bond acceptors (Lipinski definition) is 4. The molecule has 0 bridgehead atoms. The van der Waals surface area contributed by atoms with Crippen LogP contribution < -0.4 is 5.32 Å². The van der Waals surface area contributed by atoms with Crippen molar-refractivity contribution in [3.05, 3.63) is 77.5 Å². The first-order chi connectivity index (χ1) is 11.1. The van der Waals surface area contributed by atoms with Gasteiger partial charge >= 0.3 is 5.97 Å². The molecule has 118 valence electrons. The van der Waals surface area contributed by atoms with Crippen LogP contribution in [0.5, 0.6) is 0 Å². The van der Waals surface area contributed by atoms with Crippen LogP contribution in [0.3, 0.4) is 0 Å². The van der Waals surface area contributed by atoms with Crippen LogP contribution in [0.4, 0.5) is 5.69 Å². The fourth-order valence-electron chi connectivity index (χ4n) is 2.16. The fraction of sp³-hybridized carbons (Fsp3) is 0.158. The van der Waals surface area contributed by atoms with Crippen LogP contribution in [0.2, 0.25) is 0 Å². The summed E-state index contributed by atoms with van der Waals surface area (Å²) < 4.78 is 4.69. The van der Waals surface area contributed by atoms with Crippen LogP contribution in [0, 0.1) is 0 Å². The number of hydrogen-bond donors (Lipinski definition) is 1. The number of carbonyl (C=O) groups excluding carboxylic acids is 1. The molecular formula is C19H20N2O2. The van der Waals surface area contributed by atoms with E-state index in [9.17, 15) is 4.79 Å². The molecule has 23 heavy (non-hydrogen) atoms. The summed E-state index contributed by atoms with van der Waals surface area (Å²) in [5.41, 5.74) is 4.36. The summed E-state index contributed by atoms with van der Waals surface area (Å²) in [6.45, 7) is 1.97. The SMILES string of the molecule is C/N=C(\C=C(\C)Nc1ccc(C(=O)OC)cc1)c1ccccc1.